The summed E-state index contributed by atoms with van der Waals surface area (Å²) in [6.45, 7) is 5.45. The molecular formula is C23H25F3N6O3. The molecule has 0 bridgehead atoms. The van der Waals surface area contributed by atoms with Crippen molar-refractivity contribution in [1.82, 2.24) is 25.1 Å². The number of hydrogen-bond acceptors (Lipinski definition) is 6. The Labute approximate surface area is 199 Å². The van der Waals surface area contributed by atoms with Gasteiger partial charge in [0.05, 0.1) is 23.4 Å². The number of aromatic nitrogens is 4. The topological polar surface area (TPSA) is 122 Å². The van der Waals surface area contributed by atoms with Crippen LogP contribution >= 0.6 is 0 Å². The molecule has 35 heavy (non-hydrogen) atoms. The van der Waals surface area contributed by atoms with E-state index in [9.17, 15) is 22.8 Å². The Balaban J connectivity index is 1.74. The van der Waals surface area contributed by atoms with E-state index in [4.69, 9.17) is 5.11 Å². The van der Waals surface area contributed by atoms with Crippen molar-refractivity contribution in [1.29, 1.82) is 0 Å². The molecule has 9 nitrogen and oxygen atoms in total. The number of nitrogens with one attached hydrogen (secondary N) is 2. The summed E-state index contributed by atoms with van der Waals surface area (Å²) >= 11 is 0. The highest BCUT2D eigenvalue weighted by molar-refractivity contribution is 5.96. The average molecular weight is 490 g/mol. The zero-order valence-corrected chi connectivity index (χ0v) is 19.2. The van der Waals surface area contributed by atoms with Gasteiger partial charge in [-0.05, 0) is 43.0 Å². The molecule has 0 aliphatic heterocycles. The molecule has 2 atom stereocenters. The van der Waals surface area contributed by atoms with Gasteiger partial charge in [-0.25, -0.2) is 14.6 Å². The first-order chi connectivity index (χ1) is 16.4. The van der Waals surface area contributed by atoms with Crippen LogP contribution in [0.3, 0.4) is 0 Å². The molecular weight excluding hydrogens is 465 g/mol. The van der Waals surface area contributed by atoms with Gasteiger partial charge in [-0.1, -0.05) is 19.9 Å². The lowest BCUT2D eigenvalue weighted by molar-refractivity contribution is -0.139. The van der Waals surface area contributed by atoms with E-state index in [2.05, 4.69) is 25.7 Å². The quantitative estimate of drug-likeness (QED) is 0.413. The molecule has 0 aromatic carbocycles. The van der Waals surface area contributed by atoms with Crippen molar-refractivity contribution >= 4 is 17.7 Å². The number of carboxylic acid groups (broad SMARTS) is 1. The summed E-state index contributed by atoms with van der Waals surface area (Å²) in [7, 11) is 0. The van der Waals surface area contributed by atoms with Crippen molar-refractivity contribution in [3.05, 3.63) is 65.7 Å². The van der Waals surface area contributed by atoms with Crippen LogP contribution in [0, 0.1) is 5.92 Å². The Hall–Kier alpha value is -3.96. The third-order valence-corrected chi connectivity index (χ3v) is 5.09. The molecule has 3 rings (SSSR count). The Morgan fingerprint density at radius 1 is 1.06 bits per heavy atom. The number of rotatable bonds is 9. The molecule has 12 heteroatoms. The van der Waals surface area contributed by atoms with E-state index in [1.807, 2.05) is 13.8 Å². The second kappa shape index (κ2) is 10.5. The van der Waals surface area contributed by atoms with Gasteiger partial charge in [0.25, 0.3) is 5.91 Å². The lowest BCUT2D eigenvalue weighted by Crippen LogP contribution is -2.38. The molecule has 2 unspecified atom stereocenters. The molecule has 3 N–H and O–H groups in total. The Morgan fingerprint density at radius 3 is 2.31 bits per heavy atom. The highest BCUT2D eigenvalue weighted by Gasteiger charge is 2.32. The zero-order valence-electron chi connectivity index (χ0n) is 19.2. The molecule has 0 aliphatic carbocycles. The maximum atomic E-state index is 12.8. The number of carbonyl (C=O) groups excluding carboxylic acids is 1. The first-order valence-corrected chi connectivity index (χ1v) is 10.8. The van der Waals surface area contributed by atoms with Crippen LogP contribution in [0.15, 0.2) is 49.1 Å². The Bertz CT molecular complexity index is 1160. The third kappa shape index (κ3) is 6.78. The monoisotopic (exact) mass is 490 g/mol. The van der Waals surface area contributed by atoms with Crippen molar-refractivity contribution in [2.24, 2.45) is 5.92 Å². The van der Waals surface area contributed by atoms with Gasteiger partial charge in [0, 0.05) is 18.6 Å². The molecule has 0 aliphatic rings. The maximum Gasteiger partial charge on any atom is 0.419 e. The normalized spacial score (nSPS) is 13.3. The van der Waals surface area contributed by atoms with Gasteiger partial charge in [-0.15, -0.1) is 0 Å². The second-order valence-electron chi connectivity index (χ2n) is 8.41. The van der Waals surface area contributed by atoms with E-state index < -0.39 is 29.7 Å². The maximum absolute atomic E-state index is 12.8. The first-order valence-electron chi connectivity index (χ1n) is 10.8. The summed E-state index contributed by atoms with van der Waals surface area (Å²) in [5.41, 5.74) is 0.153. The third-order valence-electron chi connectivity index (χ3n) is 5.09. The van der Waals surface area contributed by atoms with Gasteiger partial charge < -0.3 is 15.7 Å². The van der Waals surface area contributed by atoms with Crippen molar-refractivity contribution in [2.75, 3.05) is 5.32 Å². The van der Waals surface area contributed by atoms with E-state index in [0.717, 1.165) is 22.6 Å². The Morgan fingerprint density at radius 2 is 1.80 bits per heavy atom. The minimum absolute atomic E-state index is 0.209. The van der Waals surface area contributed by atoms with Crippen molar-refractivity contribution < 1.29 is 27.9 Å². The smallest absolute Gasteiger partial charge is 0.419 e. The minimum atomic E-state index is -4.48. The summed E-state index contributed by atoms with van der Waals surface area (Å²) in [6, 6.07) is 5.24. The number of anilines is 1. The van der Waals surface area contributed by atoms with E-state index >= 15 is 0 Å². The SMILES string of the molecule is CC(C)CC(Nc1ccc(C(=O)NC(C)C(=O)O)cn1)c1ccc(-n2cc(C(F)(F)F)cn2)nc1. The Kier molecular flexibility index (Phi) is 7.72. The van der Waals surface area contributed by atoms with Crippen LogP contribution in [0.25, 0.3) is 5.82 Å². The van der Waals surface area contributed by atoms with Gasteiger partial charge >= 0.3 is 12.1 Å². The van der Waals surface area contributed by atoms with Crippen LogP contribution in [0.1, 0.15) is 54.7 Å². The number of halogens is 3. The molecule has 3 heterocycles. The lowest BCUT2D eigenvalue weighted by atomic mass is 9.98. The van der Waals surface area contributed by atoms with Crippen LogP contribution in [0.2, 0.25) is 0 Å². The van der Waals surface area contributed by atoms with Crippen LogP contribution in [-0.2, 0) is 11.0 Å². The first kappa shape index (κ1) is 25.7. The predicted octanol–water partition coefficient (Wildman–Crippen LogP) is 4.08. The fourth-order valence-corrected chi connectivity index (χ4v) is 3.22. The highest BCUT2D eigenvalue weighted by Crippen LogP contribution is 2.29. The minimum Gasteiger partial charge on any atom is -0.480 e. The number of carbonyl (C=O) groups is 2. The second-order valence-corrected chi connectivity index (χ2v) is 8.41. The van der Waals surface area contributed by atoms with Crippen LogP contribution in [0.5, 0.6) is 0 Å². The van der Waals surface area contributed by atoms with Crippen molar-refractivity contribution in [3.63, 3.8) is 0 Å². The summed E-state index contributed by atoms with van der Waals surface area (Å²) in [5, 5.41) is 18.3. The van der Waals surface area contributed by atoms with Crippen LogP contribution in [0.4, 0.5) is 19.0 Å². The number of nitrogens with zero attached hydrogens (tertiary/aromatic N) is 4. The van der Waals surface area contributed by atoms with Gasteiger partial charge in [-0.3, -0.25) is 9.59 Å². The molecule has 0 saturated heterocycles. The summed E-state index contributed by atoms with van der Waals surface area (Å²) in [5.74, 6) is -0.657. The molecule has 1 amide bonds. The van der Waals surface area contributed by atoms with Crippen molar-refractivity contribution in [2.45, 2.75) is 45.5 Å². The van der Waals surface area contributed by atoms with Crippen LogP contribution < -0.4 is 10.6 Å². The molecule has 0 saturated carbocycles. The largest absolute Gasteiger partial charge is 0.480 e. The number of alkyl halides is 3. The fourth-order valence-electron chi connectivity index (χ4n) is 3.22. The summed E-state index contributed by atoms with van der Waals surface area (Å²) < 4.78 is 39.6. The fraction of sp³-hybridized carbons (Fsp3) is 0.348. The average Bonchev–Trinajstić information content (AvgIpc) is 3.30. The van der Waals surface area contributed by atoms with E-state index in [1.165, 1.54) is 19.2 Å². The summed E-state index contributed by atoms with van der Waals surface area (Å²) in [4.78, 5) is 31.6. The number of pyridine rings is 2. The number of amides is 1. The highest BCUT2D eigenvalue weighted by atomic mass is 19.4. The number of aliphatic carboxylic acids is 1. The molecule has 0 radical (unpaired) electrons. The lowest BCUT2D eigenvalue weighted by Gasteiger charge is -2.22. The molecule has 186 valence electrons. The summed E-state index contributed by atoms with van der Waals surface area (Å²) in [6.07, 6.45) is 0.764. The van der Waals surface area contributed by atoms with Gasteiger partial charge in [-0.2, -0.15) is 18.3 Å². The van der Waals surface area contributed by atoms with E-state index in [0.29, 0.717) is 18.2 Å². The molecule has 3 aromatic rings. The van der Waals surface area contributed by atoms with E-state index in [1.54, 1.807) is 24.4 Å². The molecule has 0 fully saturated rings. The van der Waals surface area contributed by atoms with Gasteiger partial charge in [0.2, 0.25) is 0 Å². The zero-order chi connectivity index (χ0) is 25.8. The number of hydrogen-bond donors (Lipinski definition) is 3. The van der Waals surface area contributed by atoms with Gasteiger partial charge in [0.15, 0.2) is 5.82 Å². The predicted molar refractivity (Wildman–Crippen MR) is 121 cm³/mol. The van der Waals surface area contributed by atoms with Crippen LogP contribution in [-0.4, -0.2) is 42.8 Å². The van der Waals surface area contributed by atoms with E-state index in [-0.39, 0.29) is 17.4 Å². The number of carboxylic acids is 1. The standard InChI is InChI=1S/C23H25F3N6O3/c1-13(2)8-18(31-19-6-4-16(10-27-19)21(33)30-14(3)22(34)35)15-5-7-20(28-9-15)32-12-17(11-29-32)23(24,25)26/h4-7,9-14,18H,8H2,1-3H3,(H,27,31)(H,30,33)(H,34,35). The van der Waals surface area contributed by atoms with Gasteiger partial charge in [0.1, 0.15) is 11.9 Å². The molecule has 0 spiro atoms. The van der Waals surface area contributed by atoms with Crippen molar-refractivity contribution in [3.8, 4) is 5.82 Å². The molecule has 3 aromatic heterocycles.